The van der Waals surface area contributed by atoms with Gasteiger partial charge in [-0.15, -0.1) is 34.0 Å². The highest BCUT2D eigenvalue weighted by Gasteiger charge is 2.19. The summed E-state index contributed by atoms with van der Waals surface area (Å²) in [5.74, 6) is 0. The van der Waals surface area contributed by atoms with Crippen LogP contribution in [0.3, 0.4) is 0 Å². The molecule has 0 saturated heterocycles. The smallest absolute Gasteiger partial charge is 0.0500 e. The first-order chi connectivity index (χ1) is 16.8. The average molecular weight is 592 g/mol. The maximum absolute atomic E-state index is 6.70. The van der Waals surface area contributed by atoms with Crippen molar-refractivity contribution in [2.24, 2.45) is 0 Å². The van der Waals surface area contributed by atoms with Gasteiger partial charge in [-0.1, -0.05) is 58.5 Å². The zero-order valence-electron chi connectivity index (χ0n) is 18.7. The Balaban J connectivity index is 1.91. The lowest BCUT2D eigenvalue weighted by atomic mass is 10.0. The SMILES string of the molecule is Cc1ccc(/C(c2c(Cl)cccc2Cl)=c2/cc/c(=C(\c3ccc(C)s3)c3c(Cl)cccc3Cl)s2)s1. The fraction of sp³-hybridized carbons (Fsp3) is 0.0714. The molecule has 0 nitrogen and oxygen atoms in total. The molecule has 0 amide bonds. The molecule has 0 aliphatic rings. The van der Waals surface area contributed by atoms with E-state index in [1.165, 1.54) is 9.75 Å². The van der Waals surface area contributed by atoms with Gasteiger partial charge >= 0.3 is 0 Å². The number of halogens is 4. The molecule has 176 valence electrons. The number of benzene rings is 2. The lowest BCUT2D eigenvalue weighted by molar-refractivity contribution is 1.58. The lowest BCUT2D eigenvalue weighted by Gasteiger charge is -2.10. The van der Waals surface area contributed by atoms with E-state index < -0.39 is 0 Å². The van der Waals surface area contributed by atoms with E-state index in [0.29, 0.717) is 20.1 Å². The zero-order chi connectivity index (χ0) is 24.7. The molecule has 0 unspecified atom stereocenters. The third kappa shape index (κ3) is 5.01. The highest BCUT2D eigenvalue weighted by atomic mass is 35.5. The molecule has 0 N–H and O–H groups in total. The summed E-state index contributed by atoms with van der Waals surface area (Å²) in [6.45, 7) is 4.20. The number of hydrogen-bond donors (Lipinski definition) is 0. The lowest BCUT2D eigenvalue weighted by Crippen LogP contribution is -2.06. The van der Waals surface area contributed by atoms with E-state index >= 15 is 0 Å². The third-order valence-electron chi connectivity index (χ3n) is 5.50. The first kappa shape index (κ1) is 25.1. The molecule has 0 spiro atoms. The van der Waals surface area contributed by atoms with Gasteiger partial charge in [0.2, 0.25) is 0 Å². The quantitative estimate of drug-likeness (QED) is 0.195. The van der Waals surface area contributed by atoms with Gasteiger partial charge in [-0.3, -0.25) is 0 Å². The van der Waals surface area contributed by atoms with Gasteiger partial charge in [-0.2, -0.15) is 0 Å². The van der Waals surface area contributed by atoms with Crippen LogP contribution in [-0.2, 0) is 0 Å². The molecule has 0 atom stereocenters. The highest BCUT2D eigenvalue weighted by Crippen LogP contribution is 2.38. The van der Waals surface area contributed by atoms with Gasteiger partial charge in [-0.05, 0) is 74.5 Å². The normalized spacial score (nSPS) is 13.2. The Morgan fingerprint density at radius 2 is 0.857 bits per heavy atom. The Morgan fingerprint density at radius 3 is 1.17 bits per heavy atom. The average Bonchev–Trinajstić information content (AvgIpc) is 3.55. The second-order valence-corrected chi connectivity index (χ2v) is 13.2. The van der Waals surface area contributed by atoms with Crippen molar-refractivity contribution in [1.29, 1.82) is 0 Å². The van der Waals surface area contributed by atoms with Crippen LogP contribution in [0.1, 0.15) is 30.6 Å². The molecule has 7 heteroatoms. The molecule has 3 aromatic heterocycles. The van der Waals surface area contributed by atoms with E-state index in [1.54, 1.807) is 34.0 Å². The molecule has 0 fully saturated rings. The molecule has 2 aromatic carbocycles. The first-order valence-corrected chi connectivity index (χ1v) is 14.7. The van der Waals surface area contributed by atoms with Gasteiger partial charge in [0.25, 0.3) is 0 Å². The summed E-state index contributed by atoms with van der Waals surface area (Å²) in [6, 6.07) is 24.0. The zero-order valence-corrected chi connectivity index (χ0v) is 24.1. The van der Waals surface area contributed by atoms with E-state index in [9.17, 15) is 0 Å². The molecular formula is C28H18Cl4S3. The number of aryl methyl sites for hydroxylation is 2. The van der Waals surface area contributed by atoms with Crippen LogP contribution in [-0.4, -0.2) is 0 Å². The molecule has 0 aliphatic carbocycles. The minimum absolute atomic E-state index is 0.626. The van der Waals surface area contributed by atoms with Crippen LogP contribution in [0.2, 0.25) is 20.1 Å². The summed E-state index contributed by atoms with van der Waals surface area (Å²) in [5, 5.41) is 2.50. The van der Waals surface area contributed by atoms with Crippen molar-refractivity contribution in [1.82, 2.24) is 0 Å². The van der Waals surface area contributed by atoms with Crippen LogP contribution in [0.15, 0.2) is 72.8 Å². The van der Waals surface area contributed by atoms with Gasteiger partial charge in [0.15, 0.2) is 0 Å². The fourth-order valence-corrected chi connectivity index (χ4v) is 8.26. The maximum atomic E-state index is 6.70. The van der Waals surface area contributed by atoms with Crippen LogP contribution < -0.4 is 9.06 Å². The molecule has 5 aromatic rings. The Bertz CT molecular complexity index is 1510. The first-order valence-electron chi connectivity index (χ1n) is 10.7. The molecule has 5 rings (SSSR count). The summed E-state index contributed by atoms with van der Waals surface area (Å²) in [4.78, 5) is 4.69. The maximum Gasteiger partial charge on any atom is 0.0500 e. The number of rotatable bonds is 4. The van der Waals surface area contributed by atoms with Crippen LogP contribution >= 0.6 is 80.4 Å². The van der Waals surface area contributed by atoms with Crippen molar-refractivity contribution in [2.75, 3.05) is 0 Å². The summed E-state index contributed by atoms with van der Waals surface area (Å²) < 4.78 is 2.15. The topological polar surface area (TPSA) is 0 Å². The predicted molar refractivity (Wildman–Crippen MR) is 158 cm³/mol. The molecule has 0 bridgehead atoms. The van der Waals surface area contributed by atoms with Crippen molar-refractivity contribution < 1.29 is 0 Å². The Kier molecular flexibility index (Phi) is 7.48. The molecule has 0 aliphatic heterocycles. The van der Waals surface area contributed by atoms with E-state index in [1.807, 2.05) is 36.4 Å². The van der Waals surface area contributed by atoms with Crippen LogP contribution in [0.4, 0.5) is 0 Å². The largest absolute Gasteiger partial charge is 0.141 e. The van der Waals surface area contributed by atoms with Crippen molar-refractivity contribution >= 4 is 91.6 Å². The molecule has 35 heavy (non-hydrogen) atoms. The van der Waals surface area contributed by atoms with Gasteiger partial charge in [0.05, 0.1) is 0 Å². The predicted octanol–water partition coefficient (Wildman–Crippen LogP) is 9.60. The fourth-order valence-electron chi connectivity index (χ4n) is 3.95. The monoisotopic (exact) mass is 590 g/mol. The third-order valence-corrected chi connectivity index (χ3v) is 9.91. The Hall–Kier alpha value is -1.56. The summed E-state index contributed by atoms with van der Waals surface area (Å²) >= 11 is 31.9. The van der Waals surface area contributed by atoms with Crippen LogP contribution in [0.5, 0.6) is 0 Å². The van der Waals surface area contributed by atoms with Gasteiger partial charge in [0, 0.05) is 70.9 Å². The van der Waals surface area contributed by atoms with Gasteiger partial charge in [-0.25, -0.2) is 0 Å². The Labute approximate surface area is 236 Å². The van der Waals surface area contributed by atoms with Crippen LogP contribution in [0.25, 0.3) is 11.1 Å². The van der Waals surface area contributed by atoms with E-state index in [-0.39, 0.29) is 0 Å². The van der Waals surface area contributed by atoms with E-state index in [0.717, 1.165) is 41.1 Å². The summed E-state index contributed by atoms with van der Waals surface area (Å²) in [5.41, 5.74) is 3.74. The summed E-state index contributed by atoms with van der Waals surface area (Å²) in [6.07, 6.45) is 0. The Morgan fingerprint density at radius 1 is 0.486 bits per heavy atom. The molecule has 0 saturated carbocycles. The second-order valence-electron chi connectivity index (χ2n) is 7.93. The van der Waals surface area contributed by atoms with Crippen molar-refractivity contribution in [3.63, 3.8) is 0 Å². The summed E-state index contributed by atoms with van der Waals surface area (Å²) in [7, 11) is 0. The van der Waals surface area contributed by atoms with Gasteiger partial charge < -0.3 is 0 Å². The van der Waals surface area contributed by atoms with Crippen molar-refractivity contribution in [3.8, 4) is 0 Å². The number of thiophene rings is 3. The highest BCUT2D eigenvalue weighted by molar-refractivity contribution is 7.14. The number of hydrogen-bond acceptors (Lipinski definition) is 3. The molecule has 3 heterocycles. The van der Waals surface area contributed by atoms with E-state index in [4.69, 9.17) is 46.4 Å². The minimum Gasteiger partial charge on any atom is -0.141 e. The van der Waals surface area contributed by atoms with Crippen molar-refractivity contribution in [2.45, 2.75) is 13.8 Å². The molecule has 0 radical (unpaired) electrons. The van der Waals surface area contributed by atoms with Crippen molar-refractivity contribution in [3.05, 3.63) is 133 Å². The second kappa shape index (κ2) is 10.4. The van der Waals surface area contributed by atoms with E-state index in [2.05, 4.69) is 50.2 Å². The molecular weight excluding hydrogens is 574 g/mol. The van der Waals surface area contributed by atoms with Crippen LogP contribution in [0, 0.1) is 13.8 Å². The van der Waals surface area contributed by atoms with Gasteiger partial charge in [0.1, 0.15) is 0 Å². The minimum atomic E-state index is 0.626. The standard InChI is InChI=1S/C28H18Cl4S3/c1-15-9-11-21(33-15)27(25-17(29)5-3-6-18(25)30)23-13-14-24(35-23)28(22-12-10-16(2)34-22)26-19(31)7-4-8-20(26)32/h3-14H,1-2H3/b27-23-,28-24+.